The van der Waals surface area contributed by atoms with Crippen molar-refractivity contribution in [1.82, 2.24) is 4.98 Å². The largest absolute Gasteiger partial charge is 0.478 e. The number of nitrogens with zero attached hydrogens (tertiary/aromatic N) is 1. The standard InChI is InChI=1S/C14H21N3O2/c1-3-9-4-5-11(8(9)2)17-13-12(15)10(14(18)19)6-7-16-13/h6-9,11H,3-5,15H2,1-2H3,(H,16,17)(H,18,19). The molecule has 0 aliphatic heterocycles. The number of nitrogens with two attached hydrogens (primary N) is 1. The summed E-state index contributed by atoms with van der Waals surface area (Å²) < 4.78 is 0. The average Bonchev–Trinajstić information content (AvgIpc) is 2.72. The fraction of sp³-hybridized carbons (Fsp3) is 0.571. The molecule has 1 aromatic heterocycles. The molecule has 0 radical (unpaired) electrons. The third-order valence-corrected chi connectivity index (χ3v) is 4.29. The molecule has 0 aromatic carbocycles. The molecule has 1 heterocycles. The number of rotatable bonds is 4. The van der Waals surface area contributed by atoms with Crippen LogP contribution in [0.1, 0.15) is 43.5 Å². The molecular formula is C14H21N3O2. The Kier molecular flexibility index (Phi) is 3.93. The summed E-state index contributed by atoms with van der Waals surface area (Å²) in [5.41, 5.74) is 6.20. The van der Waals surface area contributed by atoms with Gasteiger partial charge in [0, 0.05) is 12.2 Å². The van der Waals surface area contributed by atoms with E-state index >= 15 is 0 Å². The molecule has 5 heteroatoms. The summed E-state index contributed by atoms with van der Waals surface area (Å²) in [5, 5.41) is 12.4. The molecule has 1 aliphatic rings. The molecule has 2 rings (SSSR count). The Morgan fingerprint density at radius 1 is 1.58 bits per heavy atom. The van der Waals surface area contributed by atoms with Crippen LogP contribution in [0.25, 0.3) is 0 Å². The number of anilines is 2. The van der Waals surface area contributed by atoms with Crippen molar-refractivity contribution in [2.75, 3.05) is 11.1 Å². The van der Waals surface area contributed by atoms with E-state index in [0.29, 0.717) is 17.8 Å². The van der Waals surface area contributed by atoms with Gasteiger partial charge in [-0.2, -0.15) is 0 Å². The van der Waals surface area contributed by atoms with E-state index in [1.165, 1.54) is 25.1 Å². The summed E-state index contributed by atoms with van der Waals surface area (Å²) in [7, 11) is 0. The number of nitrogens with one attached hydrogen (secondary N) is 1. The van der Waals surface area contributed by atoms with Crippen LogP contribution in [-0.4, -0.2) is 22.1 Å². The van der Waals surface area contributed by atoms with Crippen molar-refractivity contribution in [3.63, 3.8) is 0 Å². The predicted molar refractivity (Wildman–Crippen MR) is 75.2 cm³/mol. The monoisotopic (exact) mass is 263 g/mol. The lowest BCUT2D eigenvalue weighted by Crippen LogP contribution is -2.26. The van der Waals surface area contributed by atoms with Gasteiger partial charge >= 0.3 is 5.97 Å². The Morgan fingerprint density at radius 3 is 2.89 bits per heavy atom. The second-order valence-corrected chi connectivity index (χ2v) is 5.28. The Bertz CT molecular complexity index is 476. The summed E-state index contributed by atoms with van der Waals surface area (Å²) >= 11 is 0. The number of carboxylic acid groups (broad SMARTS) is 1. The number of carbonyl (C=O) groups is 1. The first-order valence-electron chi connectivity index (χ1n) is 6.78. The molecule has 1 aromatic rings. The highest BCUT2D eigenvalue weighted by Crippen LogP contribution is 2.36. The van der Waals surface area contributed by atoms with Crippen LogP contribution in [0, 0.1) is 11.8 Å². The number of pyridine rings is 1. The maximum Gasteiger partial charge on any atom is 0.337 e. The number of aromatic carboxylic acids is 1. The fourth-order valence-corrected chi connectivity index (χ4v) is 2.98. The third-order valence-electron chi connectivity index (χ3n) is 4.29. The van der Waals surface area contributed by atoms with Gasteiger partial charge in [0.05, 0.1) is 11.3 Å². The Labute approximate surface area is 113 Å². The quantitative estimate of drug-likeness (QED) is 0.777. The number of nitrogen functional groups attached to an aromatic ring is 1. The normalized spacial score (nSPS) is 26.3. The van der Waals surface area contributed by atoms with E-state index < -0.39 is 5.97 Å². The van der Waals surface area contributed by atoms with E-state index in [4.69, 9.17) is 10.8 Å². The van der Waals surface area contributed by atoms with Crippen LogP contribution in [-0.2, 0) is 0 Å². The van der Waals surface area contributed by atoms with E-state index in [1.54, 1.807) is 0 Å². The molecule has 3 unspecified atom stereocenters. The maximum atomic E-state index is 11.0. The fourth-order valence-electron chi connectivity index (χ4n) is 2.98. The van der Waals surface area contributed by atoms with Crippen LogP contribution in [0.5, 0.6) is 0 Å². The Balaban J connectivity index is 2.16. The van der Waals surface area contributed by atoms with Crippen molar-refractivity contribution in [3.8, 4) is 0 Å². The van der Waals surface area contributed by atoms with E-state index in [1.807, 2.05) is 0 Å². The minimum atomic E-state index is -1.02. The van der Waals surface area contributed by atoms with Gasteiger partial charge in [-0.15, -0.1) is 0 Å². The molecule has 0 spiro atoms. The number of carboxylic acids is 1. The molecule has 0 bridgehead atoms. The molecule has 104 valence electrons. The lowest BCUT2D eigenvalue weighted by molar-refractivity contribution is 0.0698. The van der Waals surface area contributed by atoms with Gasteiger partial charge in [0.15, 0.2) is 0 Å². The number of hydrogen-bond donors (Lipinski definition) is 3. The van der Waals surface area contributed by atoms with E-state index in [0.717, 1.165) is 12.3 Å². The zero-order valence-electron chi connectivity index (χ0n) is 11.4. The topological polar surface area (TPSA) is 88.2 Å². The molecule has 3 atom stereocenters. The van der Waals surface area contributed by atoms with Gasteiger partial charge in [0.1, 0.15) is 5.82 Å². The van der Waals surface area contributed by atoms with Crippen molar-refractivity contribution in [2.24, 2.45) is 11.8 Å². The molecule has 1 fully saturated rings. The lowest BCUT2D eigenvalue weighted by atomic mass is 9.93. The van der Waals surface area contributed by atoms with E-state index in [9.17, 15) is 4.79 Å². The van der Waals surface area contributed by atoms with Gasteiger partial charge in [-0.3, -0.25) is 0 Å². The zero-order chi connectivity index (χ0) is 14.0. The predicted octanol–water partition coefficient (Wildman–Crippen LogP) is 2.60. The first-order valence-corrected chi connectivity index (χ1v) is 6.78. The molecular weight excluding hydrogens is 242 g/mol. The first-order chi connectivity index (χ1) is 9.04. The lowest BCUT2D eigenvalue weighted by Gasteiger charge is -2.22. The summed E-state index contributed by atoms with van der Waals surface area (Å²) in [4.78, 5) is 15.2. The van der Waals surface area contributed by atoms with Crippen molar-refractivity contribution in [1.29, 1.82) is 0 Å². The first kappa shape index (κ1) is 13.6. The summed E-state index contributed by atoms with van der Waals surface area (Å²) in [6.07, 6.45) is 4.95. The maximum absolute atomic E-state index is 11.0. The smallest absolute Gasteiger partial charge is 0.337 e. The second kappa shape index (κ2) is 5.47. The SMILES string of the molecule is CCC1CCC(Nc2nccc(C(=O)O)c2N)C1C. The Hall–Kier alpha value is -1.78. The molecule has 19 heavy (non-hydrogen) atoms. The summed E-state index contributed by atoms with van der Waals surface area (Å²) in [5.74, 6) is 0.753. The molecule has 5 nitrogen and oxygen atoms in total. The summed E-state index contributed by atoms with van der Waals surface area (Å²) in [6, 6.07) is 1.75. The average molecular weight is 263 g/mol. The second-order valence-electron chi connectivity index (χ2n) is 5.28. The van der Waals surface area contributed by atoms with E-state index in [-0.39, 0.29) is 11.3 Å². The van der Waals surface area contributed by atoms with Crippen LogP contribution in [0.4, 0.5) is 11.5 Å². The van der Waals surface area contributed by atoms with Crippen molar-refractivity contribution in [3.05, 3.63) is 17.8 Å². The van der Waals surface area contributed by atoms with Crippen LogP contribution >= 0.6 is 0 Å². The van der Waals surface area contributed by atoms with Crippen molar-refractivity contribution >= 4 is 17.5 Å². The summed E-state index contributed by atoms with van der Waals surface area (Å²) in [6.45, 7) is 4.44. The van der Waals surface area contributed by atoms with Gasteiger partial charge in [0.25, 0.3) is 0 Å². The van der Waals surface area contributed by atoms with Gasteiger partial charge < -0.3 is 16.2 Å². The molecule has 1 saturated carbocycles. The minimum absolute atomic E-state index is 0.107. The van der Waals surface area contributed by atoms with Crippen LogP contribution in [0.3, 0.4) is 0 Å². The molecule has 4 N–H and O–H groups in total. The Morgan fingerprint density at radius 2 is 2.32 bits per heavy atom. The van der Waals surface area contributed by atoms with Gasteiger partial charge in [-0.05, 0) is 30.7 Å². The zero-order valence-corrected chi connectivity index (χ0v) is 11.4. The highest BCUT2D eigenvalue weighted by atomic mass is 16.4. The van der Waals surface area contributed by atoms with Crippen LogP contribution < -0.4 is 11.1 Å². The van der Waals surface area contributed by atoms with Crippen molar-refractivity contribution in [2.45, 2.75) is 39.2 Å². The van der Waals surface area contributed by atoms with Crippen LogP contribution in [0.2, 0.25) is 0 Å². The van der Waals surface area contributed by atoms with E-state index in [2.05, 4.69) is 24.1 Å². The molecule has 0 saturated heterocycles. The van der Waals surface area contributed by atoms with Gasteiger partial charge in [-0.25, -0.2) is 9.78 Å². The molecule has 0 amide bonds. The highest BCUT2D eigenvalue weighted by molar-refractivity contribution is 5.96. The molecule has 1 aliphatic carbocycles. The number of aromatic nitrogens is 1. The highest BCUT2D eigenvalue weighted by Gasteiger charge is 2.32. The minimum Gasteiger partial charge on any atom is -0.478 e. The van der Waals surface area contributed by atoms with Crippen molar-refractivity contribution < 1.29 is 9.90 Å². The van der Waals surface area contributed by atoms with Crippen LogP contribution in [0.15, 0.2) is 12.3 Å². The van der Waals surface area contributed by atoms with Gasteiger partial charge in [0.2, 0.25) is 0 Å². The number of hydrogen-bond acceptors (Lipinski definition) is 4. The van der Waals surface area contributed by atoms with Gasteiger partial charge in [-0.1, -0.05) is 20.3 Å². The third kappa shape index (κ3) is 2.64.